The minimum Gasteiger partial charge on any atom is -0.492 e. The van der Waals surface area contributed by atoms with Crippen molar-refractivity contribution >= 4 is 39.2 Å². The van der Waals surface area contributed by atoms with Crippen LogP contribution in [0, 0.1) is 0 Å². The maximum atomic E-state index is 12.3. The molecule has 4 nitrogen and oxygen atoms in total. The van der Waals surface area contributed by atoms with Crippen LogP contribution in [0.15, 0.2) is 53.0 Å². The van der Waals surface area contributed by atoms with E-state index in [0.717, 1.165) is 17.3 Å². The second-order valence-corrected chi connectivity index (χ2v) is 7.23. The molecule has 0 bridgehead atoms. The van der Waals surface area contributed by atoms with Crippen molar-refractivity contribution in [3.05, 3.63) is 64.1 Å². The molecule has 2 aromatic rings. The number of nitrogens with one attached hydrogen (secondary N) is 2. The molecule has 0 aromatic heterocycles. The van der Waals surface area contributed by atoms with E-state index in [1.165, 1.54) is 5.56 Å². The largest absolute Gasteiger partial charge is 0.492 e. The number of benzene rings is 2. The molecule has 0 radical (unpaired) electrons. The highest BCUT2D eigenvalue weighted by Gasteiger charge is 2.12. The maximum absolute atomic E-state index is 12.3. The summed E-state index contributed by atoms with van der Waals surface area (Å²) in [5, 5.41) is 6.09. The SMILES string of the molecule is CCC(C)NC(=S)NC(=O)c1ccc(OCCc2ccccc2)c(Br)c1. The Hall–Kier alpha value is -1.92. The number of hydrogen-bond acceptors (Lipinski definition) is 3. The van der Waals surface area contributed by atoms with Crippen molar-refractivity contribution in [2.75, 3.05) is 6.61 Å². The molecule has 0 heterocycles. The van der Waals surface area contributed by atoms with E-state index in [0.29, 0.717) is 23.0 Å². The highest BCUT2D eigenvalue weighted by Crippen LogP contribution is 2.26. The van der Waals surface area contributed by atoms with Crippen molar-refractivity contribution in [3.63, 3.8) is 0 Å². The number of amides is 1. The van der Waals surface area contributed by atoms with Gasteiger partial charge in [-0.25, -0.2) is 0 Å². The fraction of sp³-hybridized carbons (Fsp3) is 0.300. The second-order valence-electron chi connectivity index (χ2n) is 5.97. The molecule has 2 rings (SSSR count). The van der Waals surface area contributed by atoms with Gasteiger partial charge in [-0.05, 0) is 65.3 Å². The average Bonchev–Trinajstić information content (AvgIpc) is 2.63. The van der Waals surface area contributed by atoms with Crippen LogP contribution < -0.4 is 15.4 Å². The van der Waals surface area contributed by atoms with Crippen LogP contribution in [0.25, 0.3) is 0 Å². The molecule has 138 valence electrons. The number of halogens is 1. The van der Waals surface area contributed by atoms with Gasteiger partial charge in [0.25, 0.3) is 5.91 Å². The summed E-state index contributed by atoms with van der Waals surface area (Å²) in [6, 6.07) is 15.6. The maximum Gasteiger partial charge on any atom is 0.257 e. The lowest BCUT2D eigenvalue weighted by molar-refractivity contribution is 0.0976. The molecule has 1 unspecified atom stereocenters. The van der Waals surface area contributed by atoms with Gasteiger partial charge in [0.2, 0.25) is 0 Å². The molecule has 0 aliphatic heterocycles. The summed E-state index contributed by atoms with van der Waals surface area (Å²) in [7, 11) is 0. The van der Waals surface area contributed by atoms with Gasteiger partial charge >= 0.3 is 0 Å². The molecule has 1 amide bonds. The van der Waals surface area contributed by atoms with Crippen molar-refractivity contribution in [1.29, 1.82) is 0 Å². The van der Waals surface area contributed by atoms with E-state index in [-0.39, 0.29) is 11.9 Å². The molecule has 26 heavy (non-hydrogen) atoms. The Kier molecular flexibility index (Phi) is 8.06. The minimum atomic E-state index is -0.248. The van der Waals surface area contributed by atoms with Gasteiger partial charge in [0.05, 0.1) is 11.1 Å². The van der Waals surface area contributed by atoms with E-state index in [1.54, 1.807) is 18.2 Å². The normalized spacial score (nSPS) is 11.5. The number of carbonyl (C=O) groups excluding carboxylic acids is 1. The van der Waals surface area contributed by atoms with E-state index < -0.39 is 0 Å². The third kappa shape index (κ3) is 6.42. The molecule has 2 N–H and O–H groups in total. The summed E-state index contributed by atoms with van der Waals surface area (Å²) in [6.45, 7) is 4.63. The van der Waals surface area contributed by atoms with E-state index in [9.17, 15) is 4.79 Å². The first-order chi connectivity index (χ1) is 12.5. The van der Waals surface area contributed by atoms with E-state index in [1.807, 2.05) is 25.1 Å². The number of rotatable bonds is 7. The molecular formula is C20H23BrN2O2S. The highest BCUT2D eigenvalue weighted by molar-refractivity contribution is 9.10. The quantitative estimate of drug-likeness (QED) is 0.630. The van der Waals surface area contributed by atoms with Crippen molar-refractivity contribution in [3.8, 4) is 5.75 Å². The molecule has 0 saturated carbocycles. The van der Waals surface area contributed by atoms with Gasteiger partial charge in [-0.1, -0.05) is 37.3 Å². The Morgan fingerprint density at radius 1 is 1.23 bits per heavy atom. The first-order valence-electron chi connectivity index (χ1n) is 8.57. The fourth-order valence-corrected chi connectivity index (χ4v) is 3.01. The van der Waals surface area contributed by atoms with Crippen LogP contribution in [-0.4, -0.2) is 23.7 Å². The molecule has 0 aliphatic carbocycles. The van der Waals surface area contributed by atoms with Gasteiger partial charge in [0, 0.05) is 18.0 Å². The standard InChI is InChI=1S/C20H23BrN2O2S/c1-3-14(2)22-20(26)23-19(24)16-9-10-18(17(21)13-16)25-12-11-15-7-5-4-6-8-15/h4-10,13-14H,3,11-12H2,1-2H3,(H2,22,23,24,26). The highest BCUT2D eigenvalue weighted by atomic mass is 79.9. The fourth-order valence-electron chi connectivity index (χ4n) is 2.22. The summed E-state index contributed by atoms with van der Waals surface area (Å²) in [6.07, 6.45) is 1.75. The van der Waals surface area contributed by atoms with Gasteiger partial charge in [-0.3, -0.25) is 10.1 Å². The lowest BCUT2D eigenvalue weighted by Gasteiger charge is -2.15. The van der Waals surface area contributed by atoms with Gasteiger partial charge < -0.3 is 10.1 Å². The Morgan fingerprint density at radius 2 is 1.96 bits per heavy atom. The molecular weight excluding hydrogens is 412 g/mol. The third-order valence-corrected chi connectivity index (χ3v) is 4.74. The first kappa shape index (κ1) is 20.4. The summed E-state index contributed by atoms with van der Waals surface area (Å²) < 4.78 is 6.54. The van der Waals surface area contributed by atoms with Gasteiger partial charge in [-0.2, -0.15) is 0 Å². The zero-order valence-corrected chi connectivity index (χ0v) is 17.3. The topological polar surface area (TPSA) is 50.4 Å². The zero-order chi connectivity index (χ0) is 18.9. The summed E-state index contributed by atoms with van der Waals surface area (Å²) in [5.41, 5.74) is 1.74. The van der Waals surface area contributed by atoms with Crippen molar-refractivity contribution in [2.24, 2.45) is 0 Å². The monoisotopic (exact) mass is 434 g/mol. The third-order valence-electron chi connectivity index (χ3n) is 3.90. The summed E-state index contributed by atoms with van der Waals surface area (Å²) in [4.78, 5) is 12.3. The Balaban J connectivity index is 1.89. The predicted octanol–water partition coefficient (Wildman–Crippen LogP) is 4.47. The zero-order valence-electron chi connectivity index (χ0n) is 14.9. The number of carbonyl (C=O) groups is 1. The minimum absolute atomic E-state index is 0.218. The van der Waals surface area contributed by atoms with Crippen molar-refractivity contribution in [2.45, 2.75) is 32.7 Å². The van der Waals surface area contributed by atoms with E-state index in [2.05, 4.69) is 45.6 Å². The Morgan fingerprint density at radius 3 is 2.62 bits per heavy atom. The van der Waals surface area contributed by atoms with Gasteiger partial charge in [0.15, 0.2) is 5.11 Å². The van der Waals surface area contributed by atoms with Crippen LogP contribution >= 0.6 is 28.1 Å². The average molecular weight is 435 g/mol. The Bertz CT molecular complexity index is 753. The lowest BCUT2D eigenvalue weighted by Crippen LogP contribution is -2.43. The van der Waals surface area contributed by atoms with Crippen molar-refractivity contribution < 1.29 is 9.53 Å². The van der Waals surface area contributed by atoms with Gasteiger partial charge in [0.1, 0.15) is 5.75 Å². The number of hydrogen-bond donors (Lipinski definition) is 2. The van der Waals surface area contributed by atoms with Crippen LogP contribution in [0.3, 0.4) is 0 Å². The van der Waals surface area contributed by atoms with Crippen LogP contribution in [0.1, 0.15) is 36.2 Å². The summed E-state index contributed by atoms with van der Waals surface area (Å²) in [5.74, 6) is 0.458. The van der Waals surface area contributed by atoms with Crippen LogP contribution in [0.5, 0.6) is 5.75 Å². The smallest absolute Gasteiger partial charge is 0.257 e. The Labute approximate surface area is 168 Å². The van der Waals surface area contributed by atoms with Crippen LogP contribution in [-0.2, 0) is 6.42 Å². The predicted molar refractivity (Wildman–Crippen MR) is 113 cm³/mol. The molecule has 0 fully saturated rings. The number of ether oxygens (including phenoxy) is 1. The van der Waals surface area contributed by atoms with Crippen LogP contribution in [0.2, 0.25) is 0 Å². The molecule has 0 spiro atoms. The first-order valence-corrected chi connectivity index (χ1v) is 9.77. The number of thiocarbonyl (C=S) groups is 1. The van der Waals surface area contributed by atoms with E-state index >= 15 is 0 Å². The second kappa shape index (κ2) is 10.3. The molecule has 0 saturated heterocycles. The molecule has 6 heteroatoms. The van der Waals surface area contributed by atoms with Crippen LogP contribution in [0.4, 0.5) is 0 Å². The van der Waals surface area contributed by atoms with Gasteiger partial charge in [-0.15, -0.1) is 0 Å². The van der Waals surface area contributed by atoms with Crippen molar-refractivity contribution in [1.82, 2.24) is 10.6 Å². The molecule has 1 atom stereocenters. The molecule has 0 aliphatic rings. The molecule has 2 aromatic carbocycles. The lowest BCUT2D eigenvalue weighted by atomic mass is 10.2. The van der Waals surface area contributed by atoms with E-state index in [4.69, 9.17) is 17.0 Å². The summed E-state index contributed by atoms with van der Waals surface area (Å²) >= 11 is 8.62.